The van der Waals surface area contributed by atoms with Gasteiger partial charge in [0.15, 0.2) is 0 Å². The number of anilines is 6. The van der Waals surface area contributed by atoms with Crippen molar-refractivity contribution in [2.75, 3.05) is 40.6 Å². The second-order valence-electron chi connectivity index (χ2n) is 10.8. The first-order valence-electron chi connectivity index (χ1n) is 14.5. The number of benzene rings is 4. The van der Waals surface area contributed by atoms with Crippen LogP contribution in [0.25, 0.3) is 0 Å². The Morgan fingerprint density at radius 1 is 0.651 bits per heavy atom. The average molecular weight is 579 g/mol. The fourth-order valence-electron chi connectivity index (χ4n) is 5.30. The second kappa shape index (κ2) is 13.4. The zero-order chi connectivity index (χ0) is 30.3. The Morgan fingerprint density at radius 3 is 1.49 bits per heavy atom. The van der Waals surface area contributed by atoms with E-state index in [0.717, 1.165) is 52.5 Å². The van der Waals surface area contributed by atoms with Gasteiger partial charge in [0.05, 0.1) is 35.4 Å². The molecule has 0 saturated heterocycles. The van der Waals surface area contributed by atoms with Crippen molar-refractivity contribution in [1.82, 2.24) is 0 Å². The Bertz CT molecular complexity index is 1510. The van der Waals surface area contributed by atoms with Gasteiger partial charge in [0.1, 0.15) is 6.10 Å². The molecule has 4 aromatic rings. The molecule has 1 heterocycles. The molecule has 43 heavy (non-hydrogen) atoms. The number of hydrogen-bond acceptors (Lipinski definition) is 6. The molecule has 2 unspecified atom stereocenters. The Hall–Kier alpha value is -4.82. The maximum atomic E-state index is 12.8. The summed E-state index contributed by atoms with van der Waals surface area (Å²) in [5.74, 6) is -0.0920. The first-order valence-corrected chi connectivity index (χ1v) is 14.5. The molecule has 0 bridgehead atoms. The predicted molar refractivity (Wildman–Crippen MR) is 173 cm³/mol. The molecular formula is C35H38N4O4. The second-order valence-corrected chi connectivity index (χ2v) is 10.8. The van der Waals surface area contributed by atoms with E-state index in [0.29, 0.717) is 12.2 Å². The molecule has 222 valence electrons. The van der Waals surface area contributed by atoms with E-state index in [1.54, 1.807) is 7.11 Å². The fourth-order valence-corrected chi connectivity index (χ4v) is 5.30. The molecule has 8 nitrogen and oxygen atoms in total. The van der Waals surface area contributed by atoms with Crippen LogP contribution in [0.3, 0.4) is 0 Å². The van der Waals surface area contributed by atoms with E-state index in [9.17, 15) is 9.59 Å². The van der Waals surface area contributed by atoms with Crippen LogP contribution in [0.2, 0.25) is 0 Å². The van der Waals surface area contributed by atoms with E-state index in [4.69, 9.17) is 9.47 Å². The number of fused-ring (bicyclic) bond motifs is 2. The van der Waals surface area contributed by atoms with Crippen molar-refractivity contribution in [2.24, 2.45) is 0 Å². The van der Waals surface area contributed by atoms with E-state index in [1.165, 1.54) is 6.92 Å². The summed E-state index contributed by atoms with van der Waals surface area (Å²) in [6.07, 6.45) is -0.0912. The first kappa shape index (κ1) is 29.7. The Balaban J connectivity index is 1.21. The number of ether oxygens (including phenoxy) is 2. The van der Waals surface area contributed by atoms with Gasteiger partial charge in [-0.25, -0.2) is 4.79 Å². The maximum Gasteiger partial charge on any atom is 0.411 e. The number of amides is 2. The van der Waals surface area contributed by atoms with E-state index in [1.807, 2.05) is 79.7 Å². The van der Waals surface area contributed by atoms with Crippen LogP contribution in [0.4, 0.5) is 38.9 Å². The molecule has 0 saturated carbocycles. The highest BCUT2D eigenvalue weighted by Crippen LogP contribution is 2.47. The third-order valence-corrected chi connectivity index (χ3v) is 7.40. The van der Waals surface area contributed by atoms with Gasteiger partial charge in [0, 0.05) is 32.0 Å². The van der Waals surface area contributed by atoms with E-state index in [2.05, 4.69) is 51.6 Å². The smallest absolute Gasteiger partial charge is 0.411 e. The molecule has 0 radical (unpaired) electrons. The van der Waals surface area contributed by atoms with Crippen LogP contribution in [0.1, 0.15) is 31.9 Å². The SMILES string of the molecule is COC(C)CN1c2ccccc2N(CC(C)OC(=O)Nc2ccc(Cc3ccc(NC(C)=O)cc3)cc2)c2ccccc21. The minimum absolute atomic E-state index is 0.0513. The first-order chi connectivity index (χ1) is 20.8. The van der Waals surface area contributed by atoms with Crippen LogP contribution in [0, 0.1) is 0 Å². The highest BCUT2D eigenvalue weighted by Gasteiger charge is 2.30. The van der Waals surface area contributed by atoms with E-state index < -0.39 is 6.09 Å². The van der Waals surface area contributed by atoms with Gasteiger partial charge in [-0.15, -0.1) is 0 Å². The van der Waals surface area contributed by atoms with Crippen molar-refractivity contribution < 1.29 is 19.1 Å². The number of carbonyl (C=O) groups excluding carboxylic acids is 2. The van der Waals surface area contributed by atoms with Gasteiger partial charge >= 0.3 is 6.09 Å². The lowest BCUT2D eigenvalue weighted by Gasteiger charge is -2.41. The number of rotatable bonds is 10. The molecule has 1 aliphatic heterocycles. The quantitative estimate of drug-likeness (QED) is 0.203. The summed E-state index contributed by atoms with van der Waals surface area (Å²) in [5, 5.41) is 5.63. The number of nitrogens with zero attached hydrogens (tertiary/aromatic N) is 2. The van der Waals surface area contributed by atoms with Gasteiger partial charge in [0.2, 0.25) is 5.91 Å². The van der Waals surface area contributed by atoms with Crippen molar-refractivity contribution in [1.29, 1.82) is 0 Å². The van der Waals surface area contributed by atoms with Crippen LogP contribution in [-0.4, -0.2) is 44.4 Å². The molecule has 2 atom stereocenters. The average Bonchev–Trinajstić information content (AvgIpc) is 3.00. The maximum absolute atomic E-state index is 12.8. The lowest BCUT2D eigenvalue weighted by atomic mass is 10.0. The molecule has 2 amide bonds. The lowest BCUT2D eigenvalue weighted by Crippen LogP contribution is -2.38. The summed E-state index contributed by atoms with van der Waals surface area (Å²) in [7, 11) is 1.73. The Kier molecular flexibility index (Phi) is 9.27. The van der Waals surface area contributed by atoms with Gasteiger partial charge in [-0.1, -0.05) is 48.5 Å². The minimum Gasteiger partial charge on any atom is -0.444 e. The molecule has 8 heteroatoms. The third kappa shape index (κ3) is 7.34. The number of hydrogen-bond donors (Lipinski definition) is 2. The van der Waals surface area contributed by atoms with Crippen LogP contribution >= 0.6 is 0 Å². The summed E-state index contributed by atoms with van der Waals surface area (Å²) >= 11 is 0. The van der Waals surface area contributed by atoms with Gasteiger partial charge in [-0.2, -0.15) is 0 Å². The molecule has 2 N–H and O–H groups in total. The molecule has 4 aromatic carbocycles. The van der Waals surface area contributed by atoms with Crippen LogP contribution in [0.5, 0.6) is 0 Å². The van der Waals surface area contributed by atoms with Crippen molar-refractivity contribution in [3.63, 3.8) is 0 Å². The summed E-state index contributed by atoms with van der Waals surface area (Å²) in [6.45, 7) is 6.68. The van der Waals surface area contributed by atoms with Crippen molar-refractivity contribution in [2.45, 2.75) is 39.4 Å². The Labute approximate surface area is 253 Å². The lowest BCUT2D eigenvalue weighted by molar-refractivity contribution is -0.114. The molecule has 5 rings (SSSR count). The summed E-state index contributed by atoms with van der Waals surface area (Å²) in [6, 6.07) is 32.1. The summed E-state index contributed by atoms with van der Waals surface area (Å²) in [5.41, 5.74) is 7.96. The topological polar surface area (TPSA) is 83.1 Å². The normalized spacial score (nSPS) is 13.4. The molecular weight excluding hydrogens is 540 g/mol. The molecule has 0 aromatic heterocycles. The zero-order valence-corrected chi connectivity index (χ0v) is 25.0. The summed E-state index contributed by atoms with van der Waals surface area (Å²) in [4.78, 5) is 28.6. The van der Waals surface area contributed by atoms with Gasteiger partial charge < -0.3 is 24.6 Å². The number of nitrogens with one attached hydrogen (secondary N) is 2. The largest absolute Gasteiger partial charge is 0.444 e. The predicted octanol–water partition coefficient (Wildman–Crippen LogP) is 7.50. The van der Waals surface area contributed by atoms with E-state index in [-0.39, 0.29) is 18.1 Å². The monoisotopic (exact) mass is 578 g/mol. The highest BCUT2D eigenvalue weighted by atomic mass is 16.6. The third-order valence-electron chi connectivity index (χ3n) is 7.40. The zero-order valence-electron chi connectivity index (χ0n) is 25.0. The van der Waals surface area contributed by atoms with Gasteiger partial charge in [0.25, 0.3) is 0 Å². The summed E-state index contributed by atoms with van der Waals surface area (Å²) < 4.78 is 11.4. The number of para-hydroxylation sites is 4. The van der Waals surface area contributed by atoms with Gasteiger partial charge in [-0.05, 0) is 79.9 Å². The van der Waals surface area contributed by atoms with Crippen LogP contribution in [-0.2, 0) is 20.7 Å². The molecule has 0 spiro atoms. The van der Waals surface area contributed by atoms with Gasteiger partial charge in [-0.3, -0.25) is 10.1 Å². The minimum atomic E-state index is -0.497. The van der Waals surface area contributed by atoms with Crippen LogP contribution in [0.15, 0.2) is 97.1 Å². The fraction of sp³-hybridized carbons (Fsp3) is 0.257. The van der Waals surface area contributed by atoms with Crippen molar-refractivity contribution in [3.8, 4) is 0 Å². The highest BCUT2D eigenvalue weighted by molar-refractivity contribution is 5.93. The molecule has 0 fully saturated rings. The standard InChI is InChI=1S/C35H38N4O4/c1-24(42-4)22-38-31-9-5-7-11-33(31)39(34-12-8-6-10-32(34)38)23-25(2)43-35(41)37-30-19-15-28(16-20-30)21-27-13-17-29(18-14-27)36-26(3)40/h5-20,24-25H,21-23H2,1-4H3,(H,36,40)(H,37,41). The van der Waals surface area contributed by atoms with Crippen molar-refractivity contribution in [3.05, 3.63) is 108 Å². The Morgan fingerprint density at radius 2 is 1.07 bits per heavy atom. The molecule has 1 aliphatic rings. The van der Waals surface area contributed by atoms with E-state index >= 15 is 0 Å². The van der Waals surface area contributed by atoms with Crippen LogP contribution < -0.4 is 20.4 Å². The molecule has 0 aliphatic carbocycles. The van der Waals surface area contributed by atoms with Crippen molar-refractivity contribution >= 4 is 46.1 Å². The number of methoxy groups -OCH3 is 1. The number of carbonyl (C=O) groups is 2.